The second-order valence-corrected chi connectivity index (χ2v) is 6.28. The van der Waals surface area contributed by atoms with E-state index >= 15 is 0 Å². The molecule has 0 spiro atoms. The monoisotopic (exact) mass is 395 g/mol. The molecule has 0 fully saturated rings. The lowest BCUT2D eigenvalue weighted by Crippen LogP contribution is -1.22. The molecule has 0 saturated heterocycles. The molecule has 0 aliphatic rings. The zero-order chi connectivity index (χ0) is 17.7. The van der Waals surface area contributed by atoms with Crippen LogP contribution in [0.1, 0.15) is 0 Å². The molecule has 0 amide bonds. The van der Waals surface area contributed by atoms with Crippen LogP contribution in [0, 0.1) is 119 Å². The Morgan fingerprint density at radius 3 is 0.440 bits per heavy atom. The van der Waals surface area contributed by atoms with Crippen molar-refractivity contribution in [2.24, 2.45) is 0 Å². The van der Waals surface area contributed by atoms with Gasteiger partial charge in [0.25, 0.3) is 0 Å². The Labute approximate surface area is 159 Å². The highest BCUT2D eigenvalue weighted by molar-refractivity contribution is 7.27. The summed E-state index contributed by atoms with van der Waals surface area (Å²) in [6, 6.07) is 26.8. The van der Waals surface area contributed by atoms with Crippen LogP contribution < -0.4 is 0 Å². The van der Waals surface area contributed by atoms with Crippen LogP contribution in [0.2, 0.25) is 0 Å². The summed E-state index contributed by atoms with van der Waals surface area (Å²) in [4.78, 5) is 0. The van der Waals surface area contributed by atoms with Crippen molar-refractivity contribution in [2.45, 2.75) is 0 Å². The van der Waals surface area contributed by atoms with E-state index in [2.05, 4.69) is 119 Å². The molecule has 0 atom stereocenters. The maximum Gasteiger partial charge on any atom is -0.0489 e. The number of hydrogen-bond donors (Lipinski definition) is 0. The molecule has 0 N–H and O–H groups in total. The fraction of sp³-hybridized carbons (Fsp3) is 0. The van der Waals surface area contributed by atoms with Crippen LogP contribution in [-0.2, 0) is 0 Å². The number of rotatable bonds is 0. The van der Waals surface area contributed by atoms with Gasteiger partial charge in [-0.2, -0.15) is 0 Å². The van der Waals surface area contributed by atoms with Gasteiger partial charge in [0.15, 0.2) is 0 Å². The molecule has 25 heavy (non-hydrogen) atoms. The van der Waals surface area contributed by atoms with E-state index in [4.69, 9.17) is 0 Å². The fourth-order valence-corrected chi connectivity index (χ4v) is 2.10. The quantitative estimate of drug-likeness (QED) is 0.511. The molecule has 0 bridgehead atoms. The first-order valence-electron chi connectivity index (χ1n) is 5.99. The molecule has 5 heteroatoms. The van der Waals surface area contributed by atoms with Gasteiger partial charge in [0.2, 0.25) is 0 Å². The predicted molar refractivity (Wildman–Crippen MR) is 99.5 cm³/mol. The first-order chi connectivity index (χ1) is 12.5. The highest BCUT2D eigenvalue weighted by Gasteiger charge is 1.27. The lowest BCUT2D eigenvalue weighted by molar-refractivity contribution is 2.07. The molecule has 0 saturated carbocycles. The summed E-state index contributed by atoms with van der Waals surface area (Å²) < 4.78 is 0. The topological polar surface area (TPSA) is 0 Å². The van der Waals surface area contributed by atoms with Gasteiger partial charge in [0, 0.05) is 0 Å². The van der Waals surface area contributed by atoms with Gasteiger partial charge >= 0.3 is 0 Å². The molecule has 1 rings (SSSR count). The van der Waals surface area contributed by atoms with Crippen LogP contribution in [0.3, 0.4) is 0 Å². The zero-order valence-corrected chi connectivity index (χ0v) is 16.7. The lowest BCUT2D eigenvalue weighted by atomic mass is 10.9. The van der Waals surface area contributed by atoms with E-state index in [0.717, 1.165) is 0 Å². The third-order valence-corrected chi connectivity index (χ3v) is 3.67. The molecule has 0 aliphatic carbocycles. The Kier molecular flexibility index (Phi) is 14.1. The minimum absolute atomic E-state index is 0.660. The molecule has 1 aromatic rings. The number of hydrogen-bond acceptors (Lipinski definition) is 0. The highest BCUT2D eigenvalue weighted by Crippen LogP contribution is 1.84. The van der Waals surface area contributed by atoms with E-state index in [9.17, 15) is 0 Å². The molecular weight excluding hydrogens is 395 g/mol. The SMILES string of the molecule is c1c#c[p-]c#cc#c[p-]c#cc#c[p-]c#cc#c[p-]c#cc#c[p-]c#1. The molecule has 0 aliphatic heterocycles. The van der Waals surface area contributed by atoms with Crippen molar-refractivity contribution < 1.29 is 0 Å². The Bertz CT molecular complexity index is 453. The lowest BCUT2D eigenvalue weighted by Gasteiger charge is -1.68. The van der Waals surface area contributed by atoms with Crippen molar-refractivity contribution in [1.82, 2.24) is 0 Å². The second kappa shape index (κ2) is 17.5. The minimum atomic E-state index is 0.660. The molecule has 1 aromatic heterocycles. The second-order valence-electron chi connectivity index (χ2n) is 2.93. The van der Waals surface area contributed by atoms with Crippen LogP contribution in [0.15, 0.2) is 0 Å². The van der Waals surface area contributed by atoms with Gasteiger partial charge in [0.1, 0.15) is 0 Å². The zero-order valence-electron chi connectivity index (χ0n) is 12.2. The highest BCUT2D eigenvalue weighted by atomic mass is 31.0. The Hall–Kier alpha value is -2.90. The summed E-state index contributed by atoms with van der Waals surface area (Å²) >= 11 is 0. The summed E-state index contributed by atoms with van der Waals surface area (Å²) in [7, 11) is 3.30. The van der Waals surface area contributed by atoms with Crippen LogP contribution >= 0.6 is 41.0 Å². The van der Waals surface area contributed by atoms with Gasteiger partial charge in [-0.25, -0.2) is 58.0 Å². The van der Waals surface area contributed by atoms with E-state index in [-0.39, 0.29) is 0 Å². The van der Waals surface area contributed by atoms with Crippen molar-refractivity contribution in [3.63, 3.8) is 0 Å². The van der Waals surface area contributed by atoms with Gasteiger partial charge in [-0.1, -0.05) is 0 Å². The van der Waals surface area contributed by atoms with Gasteiger partial charge in [-0.05, 0) is 60.7 Å². The Morgan fingerprint density at radius 1 is 0.200 bits per heavy atom. The smallest absolute Gasteiger partial charge is 0.0489 e. The van der Waals surface area contributed by atoms with Crippen molar-refractivity contribution in [3.05, 3.63) is 119 Å². The third-order valence-electron chi connectivity index (χ3n) is 1.43. The van der Waals surface area contributed by atoms with E-state index in [1.54, 1.807) is 0 Å². The van der Waals surface area contributed by atoms with E-state index in [0.29, 0.717) is 41.0 Å². The van der Waals surface area contributed by atoms with Crippen molar-refractivity contribution in [2.75, 3.05) is 0 Å². The maximum absolute atomic E-state index is 2.79. The maximum atomic E-state index is 2.79. The summed E-state index contributed by atoms with van der Waals surface area (Å²) in [6.07, 6.45) is 0. The molecule has 110 valence electrons. The first-order valence-corrected chi connectivity index (χ1v) is 10.5. The molecule has 0 aromatic carbocycles. The van der Waals surface area contributed by atoms with Crippen LogP contribution in [-0.4, -0.2) is 0 Å². The van der Waals surface area contributed by atoms with Gasteiger partial charge in [0.05, 0.1) is 0 Å². The molecule has 0 unspecified atom stereocenters. The Balaban J connectivity index is 3.00. The van der Waals surface area contributed by atoms with Crippen LogP contribution in [0.5, 0.6) is 0 Å². The standard InChI is InChI=1S/C20P5/c1-2-12-22-14-5-6-16-24-18-9-10-20-25-19-8-7-17-23-15-4-3-13-21-11-1/q-5. The van der Waals surface area contributed by atoms with Crippen LogP contribution in [0.25, 0.3) is 0 Å². The van der Waals surface area contributed by atoms with E-state index in [1.165, 1.54) is 0 Å². The normalized spacial score (nSPS) is 6.40. The average Bonchev–Trinajstić information content (AvgIpc) is 2.62. The Morgan fingerprint density at radius 2 is 0.320 bits per heavy atom. The summed E-state index contributed by atoms with van der Waals surface area (Å²) in [5, 5.41) is 0. The summed E-state index contributed by atoms with van der Waals surface area (Å²) in [5.74, 6) is 27.9. The summed E-state index contributed by atoms with van der Waals surface area (Å²) in [5.41, 5.74) is 0. The largest absolute Gasteiger partial charge is 0.411 e. The molecule has 0 nitrogen and oxygen atoms in total. The van der Waals surface area contributed by atoms with Crippen molar-refractivity contribution in [1.29, 1.82) is 0 Å². The van der Waals surface area contributed by atoms with E-state index < -0.39 is 0 Å². The predicted octanol–water partition coefficient (Wildman–Crippen LogP) is 5.93. The van der Waals surface area contributed by atoms with Crippen molar-refractivity contribution in [3.8, 4) is 0 Å². The molecule has 1 heterocycles. The third kappa shape index (κ3) is 15.8. The minimum Gasteiger partial charge on any atom is -0.411 e. The average molecular weight is 395 g/mol. The van der Waals surface area contributed by atoms with Crippen molar-refractivity contribution >= 4 is 41.0 Å². The molecule has 0 radical (unpaired) electrons. The molecular formula is C20P5-5. The first kappa shape index (κ1) is 20.1. The van der Waals surface area contributed by atoms with E-state index in [1.807, 2.05) is 0 Å². The summed E-state index contributed by atoms with van der Waals surface area (Å²) in [6.45, 7) is 0. The van der Waals surface area contributed by atoms with Crippen LogP contribution in [0.4, 0.5) is 0 Å². The fourth-order valence-electron chi connectivity index (χ4n) is 0.699. The van der Waals surface area contributed by atoms with Gasteiger partial charge in [-0.15, -0.1) is 0 Å². The van der Waals surface area contributed by atoms with Gasteiger partial charge < -0.3 is 41.0 Å². The van der Waals surface area contributed by atoms with Gasteiger partial charge in [-0.3, -0.25) is 0 Å².